The molecule has 0 saturated carbocycles. The highest BCUT2D eigenvalue weighted by molar-refractivity contribution is 6.35. The molecule has 1 aliphatic rings. The molecule has 1 aliphatic heterocycles. The number of carbonyl (C=O) groups is 1. The summed E-state index contributed by atoms with van der Waals surface area (Å²) >= 11 is 18.4. The summed E-state index contributed by atoms with van der Waals surface area (Å²) in [6.07, 6.45) is 0. The van der Waals surface area contributed by atoms with Gasteiger partial charge in [-0.05, 0) is 30.3 Å². The number of halogens is 3. The molecule has 2 aromatic rings. The minimum absolute atomic E-state index is 0.0700. The Morgan fingerprint density at radius 1 is 1.04 bits per heavy atom. The van der Waals surface area contributed by atoms with Crippen LogP contribution in [0, 0.1) is 0 Å². The molecule has 0 aromatic heterocycles. The molecule has 0 radical (unpaired) electrons. The van der Waals surface area contributed by atoms with Gasteiger partial charge in [0.05, 0.1) is 46.9 Å². The molecule has 1 amide bonds. The number of nitrogens with zero attached hydrogens (tertiary/aromatic N) is 1. The van der Waals surface area contributed by atoms with Gasteiger partial charge in [-0.25, -0.2) is 0 Å². The van der Waals surface area contributed by atoms with Gasteiger partial charge in [-0.15, -0.1) is 0 Å². The van der Waals surface area contributed by atoms with E-state index in [2.05, 4.69) is 15.5 Å². The molecule has 2 aromatic carbocycles. The number of rotatable bonds is 5. The van der Waals surface area contributed by atoms with Gasteiger partial charge in [-0.1, -0.05) is 40.9 Å². The minimum atomic E-state index is -0.234. The molecular formula is C18H18Cl3N3O2. The molecule has 1 heterocycles. The first kappa shape index (κ1) is 19.1. The second kappa shape index (κ2) is 8.82. The highest BCUT2D eigenvalue weighted by atomic mass is 35.5. The maximum absolute atomic E-state index is 12.3. The Morgan fingerprint density at radius 3 is 2.58 bits per heavy atom. The van der Waals surface area contributed by atoms with E-state index in [0.29, 0.717) is 34.0 Å². The molecule has 8 heteroatoms. The van der Waals surface area contributed by atoms with Crippen molar-refractivity contribution in [3.8, 4) is 0 Å². The monoisotopic (exact) mass is 413 g/mol. The number of amides is 1. The number of hydrogen-bond donors (Lipinski definition) is 2. The van der Waals surface area contributed by atoms with E-state index in [0.717, 1.165) is 24.5 Å². The Kier molecular flexibility index (Phi) is 6.48. The lowest BCUT2D eigenvalue weighted by molar-refractivity contribution is -0.114. The summed E-state index contributed by atoms with van der Waals surface area (Å²) in [4.78, 5) is 14.4. The number of para-hydroxylation sites is 1. The number of anilines is 3. The predicted molar refractivity (Wildman–Crippen MR) is 108 cm³/mol. The van der Waals surface area contributed by atoms with Gasteiger partial charge in [-0.2, -0.15) is 0 Å². The number of ether oxygens (including phenoxy) is 1. The van der Waals surface area contributed by atoms with Crippen LogP contribution in [0.4, 0.5) is 17.1 Å². The summed E-state index contributed by atoms with van der Waals surface area (Å²) in [5.41, 5.74) is 2.16. The van der Waals surface area contributed by atoms with Crippen LogP contribution >= 0.6 is 34.8 Å². The van der Waals surface area contributed by atoms with E-state index in [1.807, 2.05) is 18.2 Å². The Morgan fingerprint density at radius 2 is 1.81 bits per heavy atom. The molecule has 138 valence electrons. The van der Waals surface area contributed by atoms with Crippen LogP contribution in [0.15, 0.2) is 36.4 Å². The molecule has 0 atom stereocenters. The van der Waals surface area contributed by atoms with Crippen molar-refractivity contribution in [3.05, 3.63) is 51.5 Å². The lowest BCUT2D eigenvalue weighted by Crippen LogP contribution is -2.37. The molecule has 1 saturated heterocycles. The van der Waals surface area contributed by atoms with Gasteiger partial charge < -0.3 is 20.3 Å². The standard InChI is InChI=1S/C18H18Cl3N3O2/c19-12-4-5-13(20)16(10-12)23-17(25)11-22-15-3-1-2-14(21)18(15)24-6-8-26-9-7-24/h1-5,10,22H,6-9,11H2,(H,23,25). The third kappa shape index (κ3) is 4.74. The van der Waals surface area contributed by atoms with Gasteiger partial charge in [0.15, 0.2) is 0 Å². The van der Waals surface area contributed by atoms with Gasteiger partial charge in [0, 0.05) is 18.1 Å². The van der Waals surface area contributed by atoms with Crippen molar-refractivity contribution >= 4 is 57.8 Å². The molecule has 0 aliphatic carbocycles. The summed E-state index contributed by atoms with van der Waals surface area (Å²) in [7, 11) is 0. The van der Waals surface area contributed by atoms with Crippen LogP contribution in [-0.2, 0) is 9.53 Å². The maximum atomic E-state index is 12.3. The van der Waals surface area contributed by atoms with Crippen LogP contribution in [0.5, 0.6) is 0 Å². The fourth-order valence-corrected chi connectivity index (χ4v) is 3.36. The number of carbonyl (C=O) groups excluding carboxylic acids is 1. The Balaban J connectivity index is 1.68. The smallest absolute Gasteiger partial charge is 0.243 e. The number of nitrogens with one attached hydrogen (secondary N) is 2. The Labute approximate surface area is 167 Å². The highest BCUT2D eigenvalue weighted by Gasteiger charge is 2.18. The summed E-state index contributed by atoms with van der Waals surface area (Å²) in [6, 6.07) is 10.5. The van der Waals surface area contributed by atoms with E-state index in [-0.39, 0.29) is 12.5 Å². The molecule has 26 heavy (non-hydrogen) atoms. The highest BCUT2D eigenvalue weighted by Crippen LogP contribution is 2.34. The van der Waals surface area contributed by atoms with Crippen molar-refractivity contribution in [1.82, 2.24) is 0 Å². The Bertz CT molecular complexity index is 795. The first-order valence-electron chi connectivity index (χ1n) is 8.14. The lowest BCUT2D eigenvalue weighted by atomic mass is 10.2. The van der Waals surface area contributed by atoms with Gasteiger partial charge in [0.2, 0.25) is 5.91 Å². The topological polar surface area (TPSA) is 53.6 Å². The zero-order valence-corrected chi connectivity index (χ0v) is 16.2. The molecular weight excluding hydrogens is 397 g/mol. The van der Waals surface area contributed by atoms with Crippen molar-refractivity contribution in [2.75, 3.05) is 48.4 Å². The first-order chi connectivity index (χ1) is 12.5. The lowest BCUT2D eigenvalue weighted by Gasteiger charge is -2.31. The number of benzene rings is 2. The van der Waals surface area contributed by atoms with Crippen molar-refractivity contribution in [2.24, 2.45) is 0 Å². The molecule has 3 rings (SSSR count). The molecule has 0 unspecified atom stereocenters. The van der Waals surface area contributed by atoms with Crippen LogP contribution in [0.3, 0.4) is 0 Å². The first-order valence-corrected chi connectivity index (χ1v) is 9.28. The number of morpholine rings is 1. The Hall–Kier alpha value is -1.66. The largest absolute Gasteiger partial charge is 0.378 e. The summed E-state index contributed by atoms with van der Waals surface area (Å²) in [5, 5.41) is 7.47. The van der Waals surface area contributed by atoms with Crippen LogP contribution < -0.4 is 15.5 Å². The molecule has 0 spiro atoms. The third-order valence-electron chi connectivity index (χ3n) is 3.96. The quantitative estimate of drug-likeness (QED) is 0.754. The van der Waals surface area contributed by atoms with Crippen LogP contribution in [0.25, 0.3) is 0 Å². The molecule has 1 fully saturated rings. The normalized spacial score (nSPS) is 14.2. The minimum Gasteiger partial charge on any atom is -0.378 e. The van der Waals surface area contributed by atoms with Gasteiger partial charge >= 0.3 is 0 Å². The summed E-state index contributed by atoms with van der Waals surface area (Å²) in [6.45, 7) is 2.88. The zero-order valence-electron chi connectivity index (χ0n) is 13.9. The second-order valence-electron chi connectivity index (χ2n) is 5.76. The fourth-order valence-electron chi connectivity index (χ4n) is 2.73. The third-order valence-corrected chi connectivity index (χ3v) is 4.83. The van der Waals surface area contributed by atoms with Gasteiger partial charge in [0.25, 0.3) is 0 Å². The molecule has 0 bridgehead atoms. The average molecular weight is 415 g/mol. The fraction of sp³-hybridized carbons (Fsp3) is 0.278. The van der Waals surface area contributed by atoms with E-state index in [1.165, 1.54) is 0 Å². The molecule has 2 N–H and O–H groups in total. The average Bonchev–Trinajstić information content (AvgIpc) is 2.64. The summed E-state index contributed by atoms with van der Waals surface area (Å²) < 4.78 is 5.39. The van der Waals surface area contributed by atoms with Crippen molar-refractivity contribution in [1.29, 1.82) is 0 Å². The number of hydrogen-bond acceptors (Lipinski definition) is 4. The second-order valence-corrected chi connectivity index (χ2v) is 7.01. The maximum Gasteiger partial charge on any atom is 0.243 e. The van der Waals surface area contributed by atoms with Crippen LogP contribution in [0.2, 0.25) is 15.1 Å². The van der Waals surface area contributed by atoms with E-state index < -0.39 is 0 Å². The summed E-state index contributed by atoms with van der Waals surface area (Å²) in [5.74, 6) is -0.234. The molecule has 5 nitrogen and oxygen atoms in total. The SMILES string of the molecule is O=C(CNc1cccc(Cl)c1N1CCOCC1)Nc1cc(Cl)ccc1Cl. The van der Waals surface area contributed by atoms with E-state index >= 15 is 0 Å². The van der Waals surface area contributed by atoms with Crippen molar-refractivity contribution < 1.29 is 9.53 Å². The van der Waals surface area contributed by atoms with Crippen molar-refractivity contribution in [2.45, 2.75) is 0 Å². The van der Waals surface area contributed by atoms with Crippen molar-refractivity contribution in [3.63, 3.8) is 0 Å². The van der Waals surface area contributed by atoms with E-state index in [9.17, 15) is 4.79 Å². The van der Waals surface area contributed by atoms with Gasteiger partial charge in [0.1, 0.15) is 0 Å². The van der Waals surface area contributed by atoms with Crippen LogP contribution in [-0.4, -0.2) is 38.8 Å². The van der Waals surface area contributed by atoms with Crippen LogP contribution in [0.1, 0.15) is 0 Å². The zero-order chi connectivity index (χ0) is 18.5. The predicted octanol–water partition coefficient (Wildman–Crippen LogP) is 4.53. The van der Waals surface area contributed by atoms with E-state index in [4.69, 9.17) is 39.5 Å². The van der Waals surface area contributed by atoms with E-state index in [1.54, 1.807) is 18.2 Å². The van der Waals surface area contributed by atoms with Gasteiger partial charge in [-0.3, -0.25) is 4.79 Å².